The van der Waals surface area contributed by atoms with Crippen molar-refractivity contribution in [3.63, 3.8) is 0 Å². The van der Waals surface area contributed by atoms with Gasteiger partial charge in [0.1, 0.15) is 10.8 Å². The van der Waals surface area contributed by atoms with E-state index in [1.165, 1.54) is 17.3 Å². The second kappa shape index (κ2) is 8.44. The van der Waals surface area contributed by atoms with Crippen molar-refractivity contribution in [3.05, 3.63) is 53.7 Å². The maximum absolute atomic E-state index is 12.1. The summed E-state index contributed by atoms with van der Waals surface area (Å²) in [5.41, 5.74) is 1.79. The molecule has 0 aliphatic carbocycles. The van der Waals surface area contributed by atoms with Crippen LogP contribution < -0.4 is 10.1 Å². The molecule has 1 amide bonds. The maximum atomic E-state index is 12.1. The number of thioether (sulfide) groups is 1. The van der Waals surface area contributed by atoms with Crippen molar-refractivity contribution in [2.75, 3.05) is 19.4 Å². The number of hydrogen-bond donors (Lipinski definition) is 1. The van der Waals surface area contributed by atoms with Gasteiger partial charge in [-0.25, -0.2) is 4.98 Å². The van der Waals surface area contributed by atoms with Gasteiger partial charge in [-0.15, -0.1) is 11.8 Å². The molecule has 1 heterocycles. The largest absolute Gasteiger partial charge is 0.494 e. The van der Waals surface area contributed by atoms with E-state index < -0.39 is 0 Å². The summed E-state index contributed by atoms with van der Waals surface area (Å²) in [5, 5.41) is 3.65. The molecule has 1 aromatic carbocycles. The van der Waals surface area contributed by atoms with Crippen LogP contribution in [-0.4, -0.2) is 30.3 Å². The molecule has 5 heteroatoms. The van der Waals surface area contributed by atoms with Gasteiger partial charge in [-0.05, 0) is 49.4 Å². The predicted molar refractivity (Wildman–Crippen MR) is 89.6 cm³/mol. The topological polar surface area (TPSA) is 51.2 Å². The van der Waals surface area contributed by atoms with Crippen LogP contribution in [0, 0.1) is 6.92 Å². The number of carbonyl (C=O) groups excluding carboxylic acids is 1. The van der Waals surface area contributed by atoms with Crippen LogP contribution in [0.2, 0.25) is 0 Å². The van der Waals surface area contributed by atoms with E-state index in [1.807, 2.05) is 37.4 Å². The van der Waals surface area contributed by atoms with E-state index in [0.717, 1.165) is 17.2 Å². The van der Waals surface area contributed by atoms with E-state index >= 15 is 0 Å². The second-order valence-electron chi connectivity index (χ2n) is 4.83. The van der Waals surface area contributed by atoms with Crippen LogP contribution in [0.3, 0.4) is 0 Å². The number of ether oxygens (including phenoxy) is 1. The number of rotatable bonds is 7. The number of benzene rings is 1. The highest BCUT2D eigenvalue weighted by molar-refractivity contribution is 7.98. The molecule has 4 nitrogen and oxygen atoms in total. The number of pyridine rings is 1. The molecule has 0 aliphatic heterocycles. The quantitative estimate of drug-likeness (QED) is 0.629. The Balaban J connectivity index is 1.73. The molecule has 0 atom stereocenters. The van der Waals surface area contributed by atoms with E-state index in [1.54, 1.807) is 18.3 Å². The third-order valence-corrected chi connectivity index (χ3v) is 3.79. The molecule has 0 bridgehead atoms. The molecule has 0 saturated heterocycles. The predicted octanol–water partition coefficient (Wildman–Crippen LogP) is 3.31. The minimum atomic E-state index is -0.0898. The summed E-state index contributed by atoms with van der Waals surface area (Å²) < 4.78 is 5.65. The van der Waals surface area contributed by atoms with E-state index in [2.05, 4.69) is 10.3 Å². The molecule has 0 radical (unpaired) electrons. The fourth-order valence-corrected chi connectivity index (χ4v) is 2.54. The van der Waals surface area contributed by atoms with Crippen molar-refractivity contribution < 1.29 is 9.53 Å². The molecule has 1 N–H and O–H groups in total. The van der Waals surface area contributed by atoms with Crippen LogP contribution in [0.25, 0.3) is 0 Å². The monoisotopic (exact) mass is 316 g/mol. The fraction of sp³-hybridized carbons (Fsp3) is 0.294. The Morgan fingerprint density at radius 1 is 1.32 bits per heavy atom. The number of carbonyl (C=O) groups is 1. The summed E-state index contributed by atoms with van der Waals surface area (Å²) in [6, 6.07) is 11.5. The van der Waals surface area contributed by atoms with Crippen LogP contribution in [0.5, 0.6) is 5.75 Å². The molecule has 0 fully saturated rings. The Labute approximate surface area is 135 Å². The molecule has 22 heavy (non-hydrogen) atoms. The number of hydrogen-bond acceptors (Lipinski definition) is 4. The molecule has 2 rings (SSSR count). The van der Waals surface area contributed by atoms with Crippen LogP contribution in [0.4, 0.5) is 0 Å². The van der Waals surface area contributed by atoms with E-state index in [9.17, 15) is 4.79 Å². The summed E-state index contributed by atoms with van der Waals surface area (Å²) in [4.78, 5) is 16.3. The number of aromatic nitrogens is 1. The first-order valence-corrected chi connectivity index (χ1v) is 8.40. The van der Waals surface area contributed by atoms with Crippen molar-refractivity contribution >= 4 is 17.7 Å². The lowest BCUT2D eigenvalue weighted by molar-refractivity contribution is 0.0948. The highest BCUT2D eigenvalue weighted by Crippen LogP contribution is 2.16. The van der Waals surface area contributed by atoms with E-state index in [4.69, 9.17) is 4.74 Å². The Bertz CT molecular complexity index is 632. The lowest BCUT2D eigenvalue weighted by Crippen LogP contribution is -2.26. The number of nitrogens with one attached hydrogen (secondary N) is 1. The number of amides is 1. The normalized spacial score (nSPS) is 10.3. The number of nitrogens with zero attached hydrogens (tertiary/aromatic N) is 1. The van der Waals surface area contributed by atoms with Crippen molar-refractivity contribution in [1.82, 2.24) is 10.3 Å². The zero-order valence-corrected chi connectivity index (χ0v) is 13.7. The molecule has 0 saturated carbocycles. The van der Waals surface area contributed by atoms with Crippen LogP contribution in [0.15, 0.2) is 47.6 Å². The standard InChI is InChI=1S/C17H20N2O2S/c1-13-6-3-7-14(12-13)21-11-5-10-18-16(20)15-8-4-9-19-17(15)22-2/h3-4,6-9,12H,5,10-11H2,1-2H3,(H,18,20). The lowest BCUT2D eigenvalue weighted by Gasteiger charge is -2.09. The Hall–Kier alpha value is -2.01. The molecule has 1 aromatic heterocycles. The first kappa shape index (κ1) is 16.4. The SMILES string of the molecule is CSc1ncccc1C(=O)NCCCOc1cccc(C)c1. The second-order valence-corrected chi connectivity index (χ2v) is 5.63. The summed E-state index contributed by atoms with van der Waals surface area (Å²) in [6.07, 6.45) is 4.36. The van der Waals surface area contributed by atoms with Crippen molar-refractivity contribution in [2.24, 2.45) is 0 Å². The van der Waals surface area contributed by atoms with Crippen molar-refractivity contribution in [1.29, 1.82) is 0 Å². The minimum absolute atomic E-state index is 0.0898. The first-order valence-electron chi connectivity index (χ1n) is 7.17. The van der Waals surface area contributed by atoms with E-state index in [0.29, 0.717) is 18.7 Å². The van der Waals surface area contributed by atoms with Crippen molar-refractivity contribution in [3.8, 4) is 5.75 Å². The average molecular weight is 316 g/mol. The summed E-state index contributed by atoms with van der Waals surface area (Å²) >= 11 is 1.47. The van der Waals surface area contributed by atoms with E-state index in [-0.39, 0.29) is 5.91 Å². The van der Waals surface area contributed by atoms with Gasteiger partial charge in [0.15, 0.2) is 0 Å². The number of aryl methyl sites for hydroxylation is 1. The Morgan fingerprint density at radius 2 is 2.18 bits per heavy atom. The molecule has 116 valence electrons. The fourth-order valence-electron chi connectivity index (χ4n) is 1.99. The minimum Gasteiger partial charge on any atom is -0.494 e. The summed E-state index contributed by atoms with van der Waals surface area (Å²) in [6.45, 7) is 3.18. The molecule has 2 aromatic rings. The van der Waals surface area contributed by atoms with Gasteiger partial charge in [0.2, 0.25) is 0 Å². The molecular weight excluding hydrogens is 296 g/mol. The highest BCUT2D eigenvalue weighted by atomic mass is 32.2. The van der Waals surface area contributed by atoms with Crippen molar-refractivity contribution in [2.45, 2.75) is 18.4 Å². The Kier molecular flexibility index (Phi) is 6.27. The van der Waals surface area contributed by atoms with Gasteiger partial charge in [-0.3, -0.25) is 4.79 Å². The van der Waals surface area contributed by atoms with Gasteiger partial charge in [0, 0.05) is 12.7 Å². The molecule has 0 spiro atoms. The average Bonchev–Trinajstić information content (AvgIpc) is 2.54. The molecular formula is C17H20N2O2S. The lowest BCUT2D eigenvalue weighted by atomic mass is 10.2. The third-order valence-electron chi connectivity index (χ3n) is 3.07. The third kappa shape index (κ3) is 4.77. The van der Waals surface area contributed by atoms with Crippen LogP contribution >= 0.6 is 11.8 Å². The van der Waals surface area contributed by atoms with Crippen LogP contribution in [0.1, 0.15) is 22.3 Å². The van der Waals surface area contributed by atoms with Gasteiger partial charge in [0.25, 0.3) is 5.91 Å². The summed E-state index contributed by atoms with van der Waals surface area (Å²) in [5.74, 6) is 0.774. The van der Waals surface area contributed by atoms with Crippen LogP contribution in [-0.2, 0) is 0 Å². The molecule has 0 unspecified atom stereocenters. The molecule has 0 aliphatic rings. The van der Waals surface area contributed by atoms with Gasteiger partial charge in [0.05, 0.1) is 12.2 Å². The first-order chi connectivity index (χ1) is 10.7. The summed E-state index contributed by atoms with van der Waals surface area (Å²) in [7, 11) is 0. The smallest absolute Gasteiger partial charge is 0.254 e. The maximum Gasteiger partial charge on any atom is 0.254 e. The van der Waals surface area contributed by atoms with Gasteiger partial charge in [-0.1, -0.05) is 12.1 Å². The van der Waals surface area contributed by atoms with Gasteiger partial charge < -0.3 is 10.1 Å². The highest BCUT2D eigenvalue weighted by Gasteiger charge is 2.10. The zero-order chi connectivity index (χ0) is 15.8. The Morgan fingerprint density at radius 3 is 2.95 bits per heavy atom. The van der Waals surface area contributed by atoms with Gasteiger partial charge in [-0.2, -0.15) is 0 Å². The van der Waals surface area contributed by atoms with Gasteiger partial charge >= 0.3 is 0 Å². The zero-order valence-electron chi connectivity index (χ0n) is 12.8.